The molecule has 1 aromatic heterocycles. The lowest BCUT2D eigenvalue weighted by atomic mass is 9.97. The Bertz CT molecular complexity index is 901. The van der Waals surface area contributed by atoms with Crippen molar-refractivity contribution in [3.8, 4) is 11.1 Å². The van der Waals surface area contributed by atoms with Gasteiger partial charge in [0, 0.05) is 17.8 Å². The third kappa shape index (κ3) is 4.44. The second kappa shape index (κ2) is 8.24. The van der Waals surface area contributed by atoms with Crippen molar-refractivity contribution in [1.82, 2.24) is 4.98 Å². The van der Waals surface area contributed by atoms with Crippen LogP contribution in [0.15, 0.2) is 47.8 Å². The third-order valence-corrected chi connectivity index (χ3v) is 4.06. The molecule has 0 spiro atoms. The number of nitro groups is 1. The normalized spacial score (nSPS) is 11.6. The number of nitrogens with zero attached hydrogens (tertiary/aromatic N) is 1. The van der Waals surface area contributed by atoms with Crippen LogP contribution in [0.4, 0.5) is 5.69 Å². The van der Waals surface area contributed by atoms with Crippen molar-refractivity contribution in [3.63, 3.8) is 0 Å². The molecule has 0 unspecified atom stereocenters. The van der Waals surface area contributed by atoms with Gasteiger partial charge in [-0.05, 0) is 35.6 Å². The number of methoxy groups -OCH3 is 1. The Morgan fingerprint density at radius 1 is 1.38 bits per heavy atom. The van der Waals surface area contributed by atoms with E-state index < -0.39 is 10.9 Å². The van der Waals surface area contributed by atoms with E-state index in [9.17, 15) is 19.7 Å². The van der Waals surface area contributed by atoms with Crippen molar-refractivity contribution >= 4 is 11.7 Å². The van der Waals surface area contributed by atoms with Crippen LogP contribution in [0.25, 0.3) is 11.1 Å². The van der Waals surface area contributed by atoms with Crippen LogP contribution in [0, 0.1) is 10.1 Å². The molecule has 0 aliphatic heterocycles. The van der Waals surface area contributed by atoms with E-state index in [1.807, 2.05) is 6.92 Å². The van der Waals surface area contributed by atoms with E-state index in [1.165, 1.54) is 19.2 Å². The SMILES string of the molecule is C=CC[C@H](C)c1cc(-c2ccc(CC(=O)OC)cc2[N+](=O)[O-])cc(=O)[nH]1. The van der Waals surface area contributed by atoms with E-state index in [4.69, 9.17) is 0 Å². The number of nitrogens with one attached hydrogen (secondary N) is 1. The number of carbonyl (C=O) groups excluding carboxylic acids is 1. The highest BCUT2D eigenvalue weighted by Gasteiger charge is 2.19. The second-order valence-corrected chi connectivity index (χ2v) is 5.98. The molecule has 0 saturated carbocycles. The van der Waals surface area contributed by atoms with E-state index in [-0.39, 0.29) is 23.6 Å². The lowest BCUT2D eigenvalue weighted by molar-refractivity contribution is -0.384. The van der Waals surface area contributed by atoms with Crippen LogP contribution in [0.2, 0.25) is 0 Å². The molecule has 0 aliphatic carbocycles. The molecular weight excluding hydrogens is 336 g/mol. The molecule has 1 heterocycles. The highest BCUT2D eigenvalue weighted by atomic mass is 16.6. The summed E-state index contributed by atoms with van der Waals surface area (Å²) in [5, 5.41) is 11.5. The molecule has 2 rings (SSSR count). The van der Waals surface area contributed by atoms with Gasteiger partial charge in [-0.2, -0.15) is 0 Å². The van der Waals surface area contributed by atoms with Gasteiger partial charge >= 0.3 is 5.97 Å². The molecule has 136 valence electrons. The van der Waals surface area contributed by atoms with Gasteiger partial charge in [0.2, 0.25) is 5.56 Å². The molecular formula is C19H20N2O5. The highest BCUT2D eigenvalue weighted by molar-refractivity contribution is 5.77. The average molecular weight is 356 g/mol. The Morgan fingerprint density at radius 2 is 2.12 bits per heavy atom. The first-order valence-electron chi connectivity index (χ1n) is 8.05. The molecule has 2 aromatic rings. The maximum absolute atomic E-state index is 12.0. The zero-order chi connectivity index (χ0) is 19.3. The molecule has 7 nitrogen and oxygen atoms in total. The van der Waals surface area contributed by atoms with Gasteiger partial charge in [0.25, 0.3) is 5.69 Å². The van der Waals surface area contributed by atoms with Crippen molar-refractivity contribution < 1.29 is 14.5 Å². The Morgan fingerprint density at radius 3 is 2.73 bits per heavy atom. The molecule has 0 radical (unpaired) electrons. The quantitative estimate of drug-likeness (QED) is 0.355. The molecule has 0 fully saturated rings. The third-order valence-electron chi connectivity index (χ3n) is 4.06. The minimum absolute atomic E-state index is 0.0257. The standard InChI is InChI=1S/C19H20N2O5/c1-4-5-12(2)16-10-14(11-18(22)20-16)15-7-6-13(9-19(23)26-3)8-17(15)21(24)25/h4,6-8,10-12H,1,5,9H2,2-3H3,(H,20,22)/t12-/m0/s1. The van der Waals surface area contributed by atoms with Crippen LogP contribution in [0.5, 0.6) is 0 Å². The van der Waals surface area contributed by atoms with Crippen molar-refractivity contribution in [3.05, 3.63) is 74.7 Å². The first-order valence-corrected chi connectivity index (χ1v) is 8.05. The van der Waals surface area contributed by atoms with Gasteiger partial charge in [0.05, 0.1) is 24.0 Å². The van der Waals surface area contributed by atoms with E-state index in [0.717, 1.165) is 0 Å². The molecule has 1 atom stereocenters. The summed E-state index contributed by atoms with van der Waals surface area (Å²) in [6.45, 7) is 5.62. The zero-order valence-electron chi connectivity index (χ0n) is 14.7. The van der Waals surface area contributed by atoms with Crippen molar-refractivity contribution in [2.75, 3.05) is 7.11 Å². The molecule has 1 aromatic carbocycles. The van der Waals surface area contributed by atoms with Crippen LogP contribution in [-0.4, -0.2) is 23.0 Å². The van der Waals surface area contributed by atoms with Crippen LogP contribution in [0.1, 0.15) is 30.5 Å². The van der Waals surface area contributed by atoms with E-state index in [2.05, 4.69) is 16.3 Å². The van der Waals surface area contributed by atoms with Crippen LogP contribution in [0.3, 0.4) is 0 Å². The van der Waals surface area contributed by atoms with E-state index >= 15 is 0 Å². The number of allylic oxidation sites excluding steroid dienone is 1. The number of esters is 1. The monoisotopic (exact) mass is 356 g/mol. The van der Waals surface area contributed by atoms with Gasteiger partial charge in [-0.3, -0.25) is 19.7 Å². The summed E-state index contributed by atoms with van der Waals surface area (Å²) in [5.41, 5.74) is 1.43. The highest BCUT2D eigenvalue weighted by Crippen LogP contribution is 2.31. The molecule has 0 amide bonds. The maximum atomic E-state index is 12.0. The fraction of sp³-hybridized carbons (Fsp3) is 0.263. The van der Waals surface area contributed by atoms with Gasteiger partial charge in [-0.1, -0.05) is 19.1 Å². The second-order valence-electron chi connectivity index (χ2n) is 5.98. The number of H-pyrrole nitrogens is 1. The molecule has 7 heteroatoms. The molecule has 0 bridgehead atoms. The van der Waals surface area contributed by atoms with Crippen molar-refractivity contribution in [2.45, 2.75) is 25.7 Å². The summed E-state index contributed by atoms with van der Waals surface area (Å²) in [7, 11) is 1.26. The topological polar surface area (TPSA) is 102 Å². The van der Waals surface area contributed by atoms with Crippen LogP contribution < -0.4 is 5.56 Å². The number of carbonyl (C=O) groups is 1. The van der Waals surface area contributed by atoms with Gasteiger partial charge in [0.1, 0.15) is 0 Å². The smallest absolute Gasteiger partial charge is 0.309 e. The molecule has 0 aliphatic rings. The number of rotatable bonds is 7. The fourth-order valence-corrected chi connectivity index (χ4v) is 2.68. The number of nitro benzene ring substituents is 1. The summed E-state index contributed by atoms with van der Waals surface area (Å²) in [6, 6.07) is 7.56. The lowest BCUT2D eigenvalue weighted by Gasteiger charge is -2.11. The lowest BCUT2D eigenvalue weighted by Crippen LogP contribution is -2.10. The average Bonchev–Trinajstić information content (AvgIpc) is 2.61. The largest absolute Gasteiger partial charge is 0.469 e. The first-order chi connectivity index (χ1) is 12.3. The Labute approximate surface area is 150 Å². The van der Waals surface area contributed by atoms with E-state index in [0.29, 0.717) is 28.8 Å². The van der Waals surface area contributed by atoms with Crippen LogP contribution in [-0.2, 0) is 16.0 Å². The molecule has 26 heavy (non-hydrogen) atoms. The van der Waals surface area contributed by atoms with Crippen LogP contribution >= 0.6 is 0 Å². The Hall–Kier alpha value is -3.22. The molecule has 1 N–H and O–H groups in total. The number of pyridine rings is 1. The number of hydrogen-bond acceptors (Lipinski definition) is 5. The Kier molecular flexibility index (Phi) is 6.06. The summed E-state index contributed by atoms with van der Waals surface area (Å²) < 4.78 is 4.59. The number of aromatic amines is 1. The zero-order valence-corrected chi connectivity index (χ0v) is 14.7. The maximum Gasteiger partial charge on any atom is 0.309 e. The number of hydrogen-bond donors (Lipinski definition) is 1. The van der Waals surface area contributed by atoms with Crippen molar-refractivity contribution in [1.29, 1.82) is 0 Å². The van der Waals surface area contributed by atoms with Gasteiger partial charge in [-0.25, -0.2) is 0 Å². The predicted molar refractivity (Wildman–Crippen MR) is 98.1 cm³/mol. The first kappa shape index (κ1) is 19.1. The fourth-order valence-electron chi connectivity index (χ4n) is 2.68. The minimum Gasteiger partial charge on any atom is -0.469 e. The van der Waals surface area contributed by atoms with Gasteiger partial charge in [-0.15, -0.1) is 6.58 Å². The Balaban J connectivity index is 2.53. The number of benzene rings is 1. The summed E-state index contributed by atoms with van der Waals surface area (Å²) in [4.78, 5) is 37.1. The summed E-state index contributed by atoms with van der Waals surface area (Å²) in [5.74, 6) is -0.457. The summed E-state index contributed by atoms with van der Waals surface area (Å²) in [6.07, 6.45) is 2.36. The number of ether oxygens (including phenoxy) is 1. The van der Waals surface area contributed by atoms with E-state index in [1.54, 1.807) is 24.3 Å². The predicted octanol–water partition coefficient (Wildman–Crippen LogP) is 3.35. The summed E-state index contributed by atoms with van der Waals surface area (Å²) >= 11 is 0. The number of aromatic nitrogens is 1. The van der Waals surface area contributed by atoms with Gasteiger partial charge < -0.3 is 9.72 Å². The van der Waals surface area contributed by atoms with Crippen molar-refractivity contribution in [2.24, 2.45) is 0 Å². The van der Waals surface area contributed by atoms with Gasteiger partial charge in [0.15, 0.2) is 0 Å². The minimum atomic E-state index is -0.524. The molecule has 0 saturated heterocycles.